The van der Waals surface area contributed by atoms with Crippen molar-refractivity contribution < 1.29 is 4.79 Å². The molecule has 116 valence electrons. The Labute approximate surface area is 127 Å². The minimum atomic E-state index is -0.0838. The van der Waals surface area contributed by atoms with Crippen molar-refractivity contribution in [1.29, 1.82) is 0 Å². The molecular weight excluding hydrogens is 262 g/mol. The maximum atomic E-state index is 12.3. The number of benzene rings is 1. The second-order valence-corrected chi connectivity index (χ2v) is 6.10. The Kier molecular flexibility index (Phi) is 5.76. The highest BCUT2D eigenvalue weighted by molar-refractivity contribution is 5.78. The molecule has 0 aliphatic carbocycles. The maximum Gasteiger partial charge on any atom is 0.226 e. The maximum absolute atomic E-state index is 12.3. The number of carbonyl (C=O) groups excluding carboxylic acids is 1. The molecule has 1 heterocycles. The number of carbonyl (C=O) groups is 1. The summed E-state index contributed by atoms with van der Waals surface area (Å²) in [6.45, 7) is 5.35. The summed E-state index contributed by atoms with van der Waals surface area (Å²) in [5.74, 6) is 0.0866. The highest BCUT2D eigenvalue weighted by Gasteiger charge is 2.27. The molecule has 1 aliphatic heterocycles. The first-order valence-corrected chi connectivity index (χ1v) is 7.85. The number of nitrogens with two attached hydrogens (primary N) is 1. The average molecular weight is 289 g/mol. The van der Waals surface area contributed by atoms with E-state index in [0.717, 1.165) is 32.5 Å². The highest BCUT2D eigenvalue weighted by atomic mass is 16.2. The van der Waals surface area contributed by atoms with E-state index < -0.39 is 0 Å². The number of amides is 1. The van der Waals surface area contributed by atoms with E-state index in [1.165, 1.54) is 5.56 Å². The molecule has 1 fully saturated rings. The zero-order valence-corrected chi connectivity index (χ0v) is 13.2. The molecule has 2 rings (SSSR count). The minimum Gasteiger partial charge on any atom is -0.341 e. The van der Waals surface area contributed by atoms with Crippen molar-refractivity contribution in [2.24, 2.45) is 11.7 Å². The van der Waals surface area contributed by atoms with Gasteiger partial charge >= 0.3 is 0 Å². The van der Waals surface area contributed by atoms with Crippen molar-refractivity contribution in [2.45, 2.75) is 32.4 Å². The van der Waals surface area contributed by atoms with Gasteiger partial charge in [-0.25, -0.2) is 0 Å². The van der Waals surface area contributed by atoms with Gasteiger partial charge in [0.25, 0.3) is 0 Å². The Balaban J connectivity index is 1.92. The van der Waals surface area contributed by atoms with Gasteiger partial charge in [0.1, 0.15) is 0 Å². The quantitative estimate of drug-likeness (QED) is 0.897. The predicted molar refractivity (Wildman–Crippen MR) is 85.7 cm³/mol. The largest absolute Gasteiger partial charge is 0.341 e. The monoisotopic (exact) mass is 289 g/mol. The van der Waals surface area contributed by atoms with Crippen molar-refractivity contribution in [2.75, 3.05) is 26.7 Å². The second-order valence-electron chi connectivity index (χ2n) is 6.10. The van der Waals surface area contributed by atoms with Gasteiger partial charge in [-0.3, -0.25) is 9.69 Å². The van der Waals surface area contributed by atoms with E-state index in [2.05, 4.69) is 29.2 Å². The fourth-order valence-electron chi connectivity index (χ4n) is 2.96. The van der Waals surface area contributed by atoms with Crippen LogP contribution in [-0.2, 0) is 11.3 Å². The summed E-state index contributed by atoms with van der Waals surface area (Å²) in [6, 6.07) is 10.8. The molecule has 0 bridgehead atoms. The smallest absolute Gasteiger partial charge is 0.226 e. The molecule has 4 nitrogen and oxygen atoms in total. The molecule has 21 heavy (non-hydrogen) atoms. The molecule has 1 amide bonds. The molecule has 2 atom stereocenters. The van der Waals surface area contributed by atoms with E-state index in [-0.39, 0.29) is 11.8 Å². The molecule has 1 aromatic carbocycles. The SMILES string of the molecule is CC(CN)C(=O)N(C)C1CCCN(Cc2ccccc2)C1. The van der Waals surface area contributed by atoms with Crippen LogP contribution in [0.1, 0.15) is 25.3 Å². The fourth-order valence-corrected chi connectivity index (χ4v) is 2.96. The van der Waals surface area contributed by atoms with Crippen LogP contribution < -0.4 is 5.73 Å². The summed E-state index contributed by atoms with van der Waals surface area (Å²) in [5.41, 5.74) is 6.95. The average Bonchev–Trinajstić information content (AvgIpc) is 2.54. The number of rotatable bonds is 5. The van der Waals surface area contributed by atoms with Gasteiger partial charge in [-0.15, -0.1) is 0 Å². The molecule has 1 aromatic rings. The zero-order chi connectivity index (χ0) is 15.2. The second kappa shape index (κ2) is 7.57. The lowest BCUT2D eigenvalue weighted by Crippen LogP contribution is -2.50. The lowest BCUT2D eigenvalue weighted by atomic mass is 10.0. The molecule has 0 saturated carbocycles. The first kappa shape index (κ1) is 16.0. The molecule has 0 aromatic heterocycles. The van der Waals surface area contributed by atoms with E-state index in [0.29, 0.717) is 12.6 Å². The third-order valence-electron chi connectivity index (χ3n) is 4.40. The third-order valence-corrected chi connectivity index (χ3v) is 4.40. The van der Waals surface area contributed by atoms with Crippen LogP contribution in [-0.4, -0.2) is 48.4 Å². The molecule has 4 heteroatoms. The van der Waals surface area contributed by atoms with E-state index in [4.69, 9.17) is 5.73 Å². The normalized spacial score (nSPS) is 21.0. The highest BCUT2D eigenvalue weighted by Crippen LogP contribution is 2.18. The van der Waals surface area contributed by atoms with Crippen LogP contribution in [0.2, 0.25) is 0 Å². The number of likely N-dealkylation sites (tertiary alicyclic amines) is 1. The number of nitrogens with zero attached hydrogens (tertiary/aromatic N) is 2. The van der Waals surface area contributed by atoms with E-state index in [1.54, 1.807) is 0 Å². The number of hydrogen-bond acceptors (Lipinski definition) is 3. The van der Waals surface area contributed by atoms with Gasteiger partial charge in [0.15, 0.2) is 0 Å². The van der Waals surface area contributed by atoms with Crippen molar-refractivity contribution in [3.63, 3.8) is 0 Å². The number of hydrogen-bond donors (Lipinski definition) is 1. The Morgan fingerprint density at radius 2 is 2.14 bits per heavy atom. The summed E-state index contributed by atoms with van der Waals surface area (Å²) < 4.78 is 0. The van der Waals surface area contributed by atoms with Crippen molar-refractivity contribution in [3.05, 3.63) is 35.9 Å². The van der Waals surface area contributed by atoms with Gasteiger partial charge in [0.2, 0.25) is 5.91 Å². The van der Waals surface area contributed by atoms with Crippen LogP contribution >= 0.6 is 0 Å². The van der Waals surface area contributed by atoms with Crippen LogP contribution in [0.25, 0.3) is 0 Å². The van der Waals surface area contributed by atoms with Gasteiger partial charge in [-0.1, -0.05) is 37.3 Å². The molecule has 1 aliphatic rings. The van der Waals surface area contributed by atoms with Crippen molar-refractivity contribution in [3.8, 4) is 0 Å². The van der Waals surface area contributed by atoms with E-state index in [9.17, 15) is 4.79 Å². The summed E-state index contributed by atoms with van der Waals surface area (Å²) in [7, 11) is 1.92. The minimum absolute atomic E-state index is 0.0838. The molecule has 1 saturated heterocycles. The summed E-state index contributed by atoms with van der Waals surface area (Å²) in [4.78, 5) is 16.6. The summed E-state index contributed by atoms with van der Waals surface area (Å²) >= 11 is 0. The predicted octanol–water partition coefficient (Wildman–Crippen LogP) is 1.70. The molecule has 2 N–H and O–H groups in total. The Morgan fingerprint density at radius 3 is 2.81 bits per heavy atom. The molecule has 0 spiro atoms. The molecule has 0 radical (unpaired) electrons. The van der Waals surface area contributed by atoms with E-state index in [1.807, 2.05) is 24.9 Å². The van der Waals surface area contributed by atoms with Crippen LogP contribution in [0.5, 0.6) is 0 Å². The topological polar surface area (TPSA) is 49.6 Å². The van der Waals surface area contributed by atoms with Crippen molar-refractivity contribution >= 4 is 5.91 Å². The van der Waals surface area contributed by atoms with Crippen LogP contribution in [0.4, 0.5) is 0 Å². The Hall–Kier alpha value is -1.39. The zero-order valence-electron chi connectivity index (χ0n) is 13.2. The Bertz CT molecular complexity index is 449. The standard InChI is InChI=1S/C17H27N3O/c1-14(11-18)17(21)19(2)16-9-6-10-20(13-16)12-15-7-4-3-5-8-15/h3-5,7-8,14,16H,6,9-13,18H2,1-2H3. The Morgan fingerprint density at radius 1 is 1.43 bits per heavy atom. The first-order valence-electron chi connectivity index (χ1n) is 7.85. The number of likely N-dealkylation sites (N-methyl/N-ethyl adjacent to an activating group) is 1. The summed E-state index contributed by atoms with van der Waals surface area (Å²) in [5, 5.41) is 0. The van der Waals surface area contributed by atoms with Gasteiger partial charge in [0, 0.05) is 38.6 Å². The van der Waals surface area contributed by atoms with Crippen molar-refractivity contribution in [1.82, 2.24) is 9.80 Å². The summed E-state index contributed by atoms with van der Waals surface area (Å²) in [6.07, 6.45) is 2.23. The number of piperidine rings is 1. The molecule has 2 unspecified atom stereocenters. The fraction of sp³-hybridized carbons (Fsp3) is 0.588. The van der Waals surface area contributed by atoms with Gasteiger partial charge in [-0.2, -0.15) is 0 Å². The third kappa shape index (κ3) is 4.29. The van der Waals surface area contributed by atoms with Crippen LogP contribution in [0.3, 0.4) is 0 Å². The van der Waals surface area contributed by atoms with Gasteiger partial charge < -0.3 is 10.6 Å². The molecular formula is C17H27N3O. The van der Waals surface area contributed by atoms with Gasteiger partial charge in [0.05, 0.1) is 0 Å². The first-order chi connectivity index (χ1) is 10.1. The lowest BCUT2D eigenvalue weighted by molar-refractivity contribution is -0.136. The van der Waals surface area contributed by atoms with Crippen LogP contribution in [0, 0.1) is 5.92 Å². The van der Waals surface area contributed by atoms with Gasteiger partial charge in [-0.05, 0) is 24.9 Å². The van der Waals surface area contributed by atoms with E-state index >= 15 is 0 Å². The lowest BCUT2D eigenvalue weighted by Gasteiger charge is -2.38. The van der Waals surface area contributed by atoms with Crippen LogP contribution in [0.15, 0.2) is 30.3 Å².